The summed E-state index contributed by atoms with van der Waals surface area (Å²) < 4.78 is 18.0. The van der Waals surface area contributed by atoms with Crippen molar-refractivity contribution in [3.63, 3.8) is 0 Å². The lowest BCUT2D eigenvalue weighted by molar-refractivity contribution is -0.121. The summed E-state index contributed by atoms with van der Waals surface area (Å²) in [7, 11) is 4.74. The molecule has 3 atom stereocenters. The third kappa shape index (κ3) is 3.74. The van der Waals surface area contributed by atoms with Crippen molar-refractivity contribution in [1.82, 2.24) is 14.8 Å². The van der Waals surface area contributed by atoms with Gasteiger partial charge in [-0.05, 0) is 36.8 Å². The van der Waals surface area contributed by atoms with E-state index < -0.39 is 12.0 Å². The SMILES string of the molecule is COc1ccccc1NC(=O)[C@@H]1[C@H](C)Nc2ncnn2[C@@H]1c1ccc(OC)c(OC)c1. The first-order chi connectivity index (χ1) is 15.1. The number of carbonyl (C=O) groups is 1. The first kappa shape index (κ1) is 20.5. The topological polar surface area (TPSA) is 99.5 Å². The van der Waals surface area contributed by atoms with Crippen LogP contribution >= 0.6 is 0 Å². The standard InChI is InChI=1S/C22H25N5O4/c1-13-19(21(28)26-15-7-5-6-8-16(15)29-2)20(27-22(25-13)23-12-24-27)14-9-10-17(30-3)18(11-14)31-4/h5-13,19-20H,1-4H3,(H,26,28)(H,23,24,25)/t13-,19+,20+/m0/s1. The minimum Gasteiger partial charge on any atom is -0.495 e. The number of aromatic nitrogens is 3. The fourth-order valence-corrected chi connectivity index (χ4v) is 4.00. The molecule has 0 spiro atoms. The Labute approximate surface area is 180 Å². The van der Waals surface area contributed by atoms with Gasteiger partial charge in [-0.2, -0.15) is 10.1 Å². The van der Waals surface area contributed by atoms with Crippen molar-refractivity contribution in [2.45, 2.75) is 19.0 Å². The van der Waals surface area contributed by atoms with Gasteiger partial charge in [0.25, 0.3) is 0 Å². The average molecular weight is 423 g/mol. The van der Waals surface area contributed by atoms with Crippen LogP contribution in [0.1, 0.15) is 18.5 Å². The Morgan fingerprint density at radius 2 is 1.77 bits per heavy atom. The second-order valence-corrected chi connectivity index (χ2v) is 7.24. The number of fused-ring (bicyclic) bond motifs is 1. The van der Waals surface area contributed by atoms with E-state index in [1.54, 1.807) is 32.1 Å². The molecule has 31 heavy (non-hydrogen) atoms. The van der Waals surface area contributed by atoms with Gasteiger partial charge in [-0.3, -0.25) is 4.79 Å². The molecule has 9 heteroatoms. The predicted molar refractivity (Wildman–Crippen MR) is 116 cm³/mol. The first-order valence-electron chi connectivity index (χ1n) is 9.89. The smallest absolute Gasteiger partial charge is 0.232 e. The highest BCUT2D eigenvalue weighted by Gasteiger charge is 2.41. The molecule has 9 nitrogen and oxygen atoms in total. The predicted octanol–water partition coefficient (Wildman–Crippen LogP) is 2.96. The lowest BCUT2D eigenvalue weighted by atomic mass is 9.85. The highest BCUT2D eigenvalue weighted by Crippen LogP contribution is 2.40. The molecule has 0 saturated heterocycles. The molecule has 4 rings (SSSR count). The number of methoxy groups -OCH3 is 3. The van der Waals surface area contributed by atoms with Crippen LogP contribution in [0.4, 0.5) is 11.6 Å². The van der Waals surface area contributed by atoms with Gasteiger partial charge in [0.2, 0.25) is 11.9 Å². The normalized spacial score (nSPS) is 19.7. The van der Waals surface area contributed by atoms with E-state index in [9.17, 15) is 4.79 Å². The monoisotopic (exact) mass is 423 g/mol. The molecule has 0 unspecified atom stereocenters. The molecule has 0 bridgehead atoms. The lowest BCUT2D eigenvalue weighted by Crippen LogP contribution is -2.46. The van der Waals surface area contributed by atoms with Crippen molar-refractivity contribution in [3.05, 3.63) is 54.4 Å². The zero-order valence-corrected chi connectivity index (χ0v) is 17.8. The van der Waals surface area contributed by atoms with E-state index in [1.165, 1.54) is 6.33 Å². The van der Waals surface area contributed by atoms with E-state index in [-0.39, 0.29) is 11.9 Å². The summed E-state index contributed by atoms with van der Waals surface area (Å²) in [6.07, 6.45) is 1.48. The molecule has 1 amide bonds. The first-order valence-corrected chi connectivity index (χ1v) is 9.89. The number of rotatable bonds is 6. The maximum absolute atomic E-state index is 13.5. The summed E-state index contributed by atoms with van der Waals surface area (Å²) in [6, 6.07) is 12.3. The van der Waals surface area contributed by atoms with Gasteiger partial charge in [0.15, 0.2) is 11.5 Å². The van der Waals surface area contributed by atoms with Crippen molar-refractivity contribution in [3.8, 4) is 17.2 Å². The molecule has 1 aliphatic rings. The van der Waals surface area contributed by atoms with Crippen molar-refractivity contribution in [2.24, 2.45) is 5.92 Å². The number of anilines is 2. The molecule has 0 radical (unpaired) electrons. The van der Waals surface area contributed by atoms with E-state index in [2.05, 4.69) is 20.7 Å². The summed E-state index contributed by atoms with van der Waals surface area (Å²) >= 11 is 0. The van der Waals surface area contributed by atoms with Crippen LogP contribution in [-0.2, 0) is 4.79 Å². The molecule has 1 aromatic heterocycles. The van der Waals surface area contributed by atoms with Crippen LogP contribution in [0.25, 0.3) is 0 Å². The van der Waals surface area contributed by atoms with Gasteiger partial charge in [0, 0.05) is 6.04 Å². The van der Waals surface area contributed by atoms with E-state index in [1.807, 2.05) is 43.3 Å². The van der Waals surface area contributed by atoms with Gasteiger partial charge in [-0.15, -0.1) is 0 Å². The Balaban J connectivity index is 1.75. The van der Waals surface area contributed by atoms with Crippen LogP contribution in [-0.4, -0.2) is 48.0 Å². The quantitative estimate of drug-likeness (QED) is 0.629. The van der Waals surface area contributed by atoms with E-state index >= 15 is 0 Å². The summed E-state index contributed by atoms with van der Waals surface area (Å²) in [6.45, 7) is 1.96. The van der Waals surface area contributed by atoms with Crippen LogP contribution in [0.2, 0.25) is 0 Å². The number of hydrogen-bond acceptors (Lipinski definition) is 7. The molecule has 2 heterocycles. The average Bonchev–Trinajstić information content (AvgIpc) is 3.25. The van der Waals surface area contributed by atoms with Crippen LogP contribution in [0, 0.1) is 5.92 Å². The highest BCUT2D eigenvalue weighted by molar-refractivity contribution is 5.95. The number of nitrogens with zero attached hydrogens (tertiary/aromatic N) is 3. The minimum atomic E-state index is -0.489. The van der Waals surface area contributed by atoms with Crippen molar-refractivity contribution < 1.29 is 19.0 Å². The molecule has 0 saturated carbocycles. The number of carbonyl (C=O) groups excluding carboxylic acids is 1. The molecular formula is C22H25N5O4. The largest absolute Gasteiger partial charge is 0.495 e. The summed E-state index contributed by atoms with van der Waals surface area (Å²) in [4.78, 5) is 17.8. The Morgan fingerprint density at radius 1 is 1.03 bits per heavy atom. The summed E-state index contributed by atoms with van der Waals surface area (Å²) in [5, 5.41) is 10.7. The number of amides is 1. The van der Waals surface area contributed by atoms with E-state index in [4.69, 9.17) is 14.2 Å². The van der Waals surface area contributed by atoms with Crippen LogP contribution in [0.5, 0.6) is 17.2 Å². The summed E-state index contributed by atoms with van der Waals surface area (Å²) in [5.41, 5.74) is 1.47. The molecule has 162 valence electrons. The molecule has 2 aromatic carbocycles. The lowest BCUT2D eigenvalue weighted by Gasteiger charge is -2.37. The Kier molecular flexibility index (Phi) is 5.66. The second kappa shape index (κ2) is 8.55. The zero-order valence-electron chi connectivity index (χ0n) is 17.8. The molecule has 2 N–H and O–H groups in total. The van der Waals surface area contributed by atoms with Gasteiger partial charge in [-0.1, -0.05) is 18.2 Å². The van der Waals surface area contributed by atoms with Crippen LogP contribution in [0.15, 0.2) is 48.8 Å². The Morgan fingerprint density at radius 3 is 2.52 bits per heavy atom. The van der Waals surface area contributed by atoms with Gasteiger partial charge < -0.3 is 24.8 Å². The van der Waals surface area contributed by atoms with E-state index in [0.29, 0.717) is 28.9 Å². The van der Waals surface area contributed by atoms with Gasteiger partial charge in [0.1, 0.15) is 12.1 Å². The van der Waals surface area contributed by atoms with Crippen molar-refractivity contribution >= 4 is 17.5 Å². The maximum atomic E-state index is 13.5. The molecule has 0 aliphatic carbocycles. The van der Waals surface area contributed by atoms with Crippen molar-refractivity contribution in [2.75, 3.05) is 32.0 Å². The van der Waals surface area contributed by atoms with Crippen molar-refractivity contribution in [1.29, 1.82) is 0 Å². The number of nitrogens with one attached hydrogen (secondary N) is 2. The van der Waals surface area contributed by atoms with Crippen LogP contribution < -0.4 is 24.8 Å². The highest BCUT2D eigenvalue weighted by atomic mass is 16.5. The molecule has 1 aliphatic heterocycles. The third-order valence-corrected chi connectivity index (χ3v) is 5.49. The zero-order chi connectivity index (χ0) is 22.0. The number of para-hydroxylation sites is 2. The number of hydrogen-bond donors (Lipinski definition) is 2. The fraction of sp³-hybridized carbons (Fsp3) is 0.318. The van der Waals surface area contributed by atoms with E-state index in [0.717, 1.165) is 5.56 Å². The van der Waals surface area contributed by atoms with Crippen LogP contribution in [0.3, 0.4) is 0 Å². The summed E-state index contributed by atoms with van der Waals surface area (Å²) in [5.74, 6) is 1.74. The number of ether oxygens (including phenoxy) is 3. The molecular weight excluding hydrogens is 398 g/mol. The van der Waals surface area contributed by atoms with Gasteiger partial charge >= 0.3 is 0 Å². The Hall–Kier alpha value is -3.75. The van der Waals surface area contributed by atoms with Gasteiger partial charge in [0.05, 0.1) is 39.0 Å². The number of benzene rings is 2. The minimum absolute atomic E-state index is 0.162. The van der Waals surface area contributed by atoms with Gasteiger partial charge in [-0.25, -0.2) is 4.68 Å². The molecule has 0 fully saturated rings. The fourth-order valence-electron chi connectivity index (χ4n) is 4.00. The Bertz CT molecular complexity index is 1080. The maximum Gasteiger partial charge on any atom is 0.232 e. The molecule has 3 aromatic rings. The third-order valence-electron chi connectivity index (χ3n) is 5.49. The second-order valence-electron chi connectivity index (χ2n) is 7.24.